The van der Waals surface area contributed by atoms with Crippen LogP contribution in [-0.2, 0) is 6.54 Å². The van der Waals surface area contributed by atoms with E-state index >= 15 is 0 Å². The Bertz CT molecular complexity index is 840. The zero-order chi connectivity index (χ0) is 20.3. The largest absolute Gasteiger partial charge is 0.424 e. The molecule has 2 aromatic rings. The fraction of sp³-hybridized carbons (Fsp3) is 0.625. The smallest absolute Gasteiger partial charge is 0.254 e. The van der Waals surface area contributed by atoms with Gasteiger partial charge in [-0.2, -0.15) is 0 Å². The number of carbonyl (C=O) groups excluding carboxylic acids is 1. The summed E-state index contributed by atoms with van der Waals surface area (Å²) in [4.78, 5) is 17.9. The van der Waals surface area contributed by atoms with Crippen molar-refractivity contribution in [1.29, 1.82) is 0 Å². The lowest BCUT2D eigenvalue weighted by Crippen LogP contribution is -2.47. The third-order valence-electron chi connectivity index (χ3n) is 7.03. The summed E-state index contributed by atoms with van der Waals surface area (Å²) >= 11 is 0. The molecule has 1 saturated carbocycles. The summed E-state index contributed by atoms with van der Waals surface area (Å²) in [5.41, 5.74) is 0.824. The number of rotatable bonds is 5. The van der Waals surface area contributed by atoms with Gasteiger partial charge in [0.1, 0.15) is 0 Å². The molecule has 160 valence electrons. The Labute approximate surface area is 178 Å². The van der Waals surface area contributed by atoms with Crippen LogP contribution < -0.4 is 0 Å². The molecule has 3 fully saturated rings. The first kappa shape index (κ1) is 19.7. The summed E-state index contributed by atoms with van der Waals surface area (Å²) in [6.07, 6.45) is 9.36. The van der Waals surface area contributed by atoms with E-state index in [2.05, 4.69) is 20.0 Å². The zero-order valence-electron chi connectivity index (χ0n) is 17.7. The van der Waals surface area contributed by atoms with Crippen LogP contribution in [0.4, 0.5) is 0 Å². The average molecular weight is 409 g/mol. The van der Waals surface area contributed by atoms with Crippen LogP contribution in [0.5, 0.6) is 0 Å². The molecule has 6 nitrogen and oxygen atoms in total. The van der Waals surface area contributed by atoms with E-state index < -0.39 is 0 Å². The Morgan fingerprint density at radius 3 is 2.50 bits per heavy atom. The lowest BCUT2D eigenvalue weighted by molar-refractivity contribution is 0.0508. The van der Waals surface area contributed by atoms with Crippen LogP contribution in [0.15, 0.2) is 34.7 Å². The van der Waals surface area contributed by atoms with Crippen molar-refractivity contribution in [3.63, 3.8) is 0 Å². The fourth-order valence-corrected chi connectivity index (χ4v) is 5.14. The molecule has 6 heteroatoms. The van der Waals surface area contributed by atoms with Crippen LogP contribution in [0, 0.1) is 5.92 Å². The number of nitrogens with zero attached hydrogens (tertiary/aromatic N) is 4. The predicted octanol–water partition coefficient (Wildman–Crippen LogP) is 4.24. The van der Waals surface area contributed by atoms with Gasteiger partial charge in [-0.05, 0) is 69.7 Å². The van der Waals surface area contributed by atoms with E-state index in [1.54, 1.807) is 0 Å². The molecular weight excluding hydrogens is 376 g/mol. The Balaban J connectivity index is 1.21. The van der Waals surface area contributed by atoms with Gasteiger partial charge in [0, 0.05) is 24.1 Å². The van der Waals surface area contributed by atoms with Crippen molar-refractivity contribution in [3.05, 3.63) is 47.7 Å². The Kier molecular flexibility index (Phi) is 5.84. The minimum absolute atomic E-state index is 0.211. The molecule has 0 N–H and O–H groups in total. The monoisotopic (exact) mass is 408 g/mol. The quantitative estimate of drug-likeness (QED) is 0.740. The summed E-state index contributed by atoms with van der Waals surface area (Å²) in [7, 11) is 0. The van der Waals surface area contributed by atoms with Crippen molar-refractivity contribution < 1.29 is 9.21 Å². The topological polar surface area (TPSA) is 62.5 Å². The van der Waals surface area contributed by atoms with Crippen molar-refractivity contribution in [2.24, 2.45) is 5.92 Å². The van der Waals surface area contributed by atoms with E-state index in [1.165, 1.54) is 25.7 Å². The molecule has 0 bridgehead atoms. The van der Waals surface area contributed by atoms with Crippen LogP contribution in [0.3, 0.4) is 0 Å². The van der Waals surface area contributed by atoms with Crippen molar-refractivity contribution in [2.45, 2.75) is 69.9 Å². The standard InChI is InChI=1S/C24H32N4O2/c29-24(20-7-3-1-4-8-20)28-14-6-2-5-9-21(28)18-12-15-27(16-13-18)17-22-25-26-23(30-22)19-10-11-19/h1,3-4,7-8,18-19,21H,2,5-6,9-17H2. The molecule has 2 aliphatic heterocycles. The lowest BCUT2D eigenvalue weighted by atomic mass is 9.86. The lowest BCUT2D eigenvalue weighted by Gasteiger charge is -2.40. The third-order valence-corrected chi connectivity index (χ3v) is 7.03. The minimum Gasteiger partial charge on any atom is -0.424 e. The van der Waals surface area contributed by atoms with Crippen LogP contribution in [-0.4, -0.2) is 51.6 Å². The number of piperidine rings is 1. The molecule has 1 atom stereocenters. The molecule has 30 heavy (non-hydrogen) atoms. The van der Waals surface area contributed by atoms with Crippen molar-refractivity contribution in [3.8, 4) is 0 Å². The first-order valence-corrected chi connectivity index (χ1v) is 11.7. The highest BCUT2D eigenvalue weighted by Gasteiger charge is 2.35. The first-order chi connectivity index (χ1) is 14.8. The first-order valence-electron chi connectivity index (χ1n) is 11.7. The Hall–Kier alpha value is -2.21. The van der Waals surface area contributed by atoms with Gasteiger partial charge in [0.05, 0.1) is 6.54 Å². The SMILES string of the molecule is O=C(c1ccccc1)N1CCCCCC1C1CCN(Cc2nnc(C3CC3)o2)CC1. The van der Waals surface area contributed by atoms with Crippen LogP contribution in [0.25, 0.3) is 0 Å². The van der Waals surface area contributed by atoms with E-state index in [1.807, 2.05) is 30.3 Å². The van der Waals surface area contributed by atoms with E-state index in [-0.39, 0.29) is 5.91 Å². The predicted molar refractivity (Wildman–Crippen MR) is 114 cm³/mol. The van der Waals surface area contributed by atoms with Crippen LogP contribution >= 0.6 is 0 Å². The second kappa shape index (κ2) is 8.88. The maximum Gasteiger partial charge on any atom is 0.254 e. The van der Waals surface area contributed by atoms with Crippen molar-refractivity contribution in [1.82, 2.24) is 20.0 Å². The number of hydrogen-bond acceptors (Lipinski definition) is 5. The normalized spacial score (nSPS) is 24.0. The molecule has 2 saturated heterocycles. The number of aromatic nitrogens is 2. The van der Waals surface area contributed by atoms with Gasteiger partial charge in [-0.3, -0.25) is 9.69 Å². The average Bonchev–Trinajstić information content (AvgIpc) is 3.58. The summed E-state index contributed by atoms with van der Waals surface area (Å²) in [5, 5.41) is 8.46. The zero-order valence-corrected chi connectivity index (χ0v) is 17.7. The second-order valence-corrected chi connectivity index (χ2v) is 9.20. The minimum atomic E-state index is 0.211. The molecule has 5 rings (SSSR count). The Morgan fingerprint density at radius 1 is 0.933 bits per heavy atom. The van der Waals surface area contributed by atoms with Crippen molar-refractivity contribution >= 4 is 5.91 Å². The van der Waals surface area contributed by atoms with Gasteiger partial charge >= 0.3 is 0 Å². The van der Waals surface area contributed by atoms with Gasteiger partial charge < -0.3 is 9.32 Å². The van der Waals surface area contributed by atoms with Crippen molar-refractivity contribution in [2.75, 3.05) is 19.6 Å². The van der Waals surface area contributed by atoms with Gasteiger partial charge in [-0.25, -0.2) is 0 Å². The van der Waals surface area contributed by atoms with Gasteiger partial charge in [-0.1, -0.05) is 31.0 Å². The highest BCUT2D eigenvalue weighted by atomic mass is 16.4. The number of benzene rings is 1. The maximum absolute atomic E-state index is 13.3. The number of hydrogen-bond donors (Lipinski definition) is 0. The molecule has 1 aromatic heterocycles. The summed E-state index contributed by atoms with van der Waals surface area (Å²) in [6, 6.07) is 10.2. The van der Waals surface area contributed by atoms with Gasteiger partial charge in [0.25, 0.3) is 5.91 Å². The highest BCUT2D eigenvalue weighted by Crippen LogP contribution is 2.39. The van der Waals surface area contributed by atoms with E-state index in [0.29, 0.717) is 17.9 Å². The molecule has 1 aromatic carbocycles. The molecule has 3 heterocycles. The van der Waals surface area contributed by atoms with Gasteiger partial charge in [-0.15, -0.1) is 10.2 Å². The maximum atomic E-state index is 13.3. The summed E-state index contributed by atoms with van der Waals surface area (Å²) in [5.74, 6) is 2.89. The molecular formula is C24H32N4O2. The van der Waals surface area contributed by atoms with Crippen LogP contribution in [0.2, 0.25) is 0 Å². The molecule has 1 aliphatic carbocycles. The molecule has 1 amide bonds. The number of carbonyl (C=O) groups is 1. The summed E-state index contributed by atoms with van der Waals surface area (Å²) < 4.78 is 5.85. The van der Waals surface area contributed by atoms with E-state index in [4.69, 9.17) is 4.42 Å². The van der Waals surface area contributed by atoms with E-state index in [9.17, 15) is 4.79 Å². The number of amides is 1. The van der Waals surface area contributed by atoms with Gasteiger partial charge in [0.15, 0.2) is 0 Å². The second-order valence-electron chi connectivity index (χ2n) is 9.20. The molecule has 1 unspecified atom stereocenters. The third kappa shape index (κ3) is 4.43. The molecule has 0 spiro atoms. The van der Waals surface area contributed by atoms with Gasteiger partial charge in [0.2, 0.25) is 11.8 Å². The summed E-state index contributed by atoms with van der Waals surface area (Å²) in [6.45, 7) is 3.72. The fourth-order valence-electron chi connectivity index (χ4n) is 5.14. The molecule has 0 radical (unpaired) electrons. The van der Waals surface area contributed by atoms with E-state index in [0.717, 1.165) is 69.2 Å². The van der Waals surface area contributed by atoms with Crippen LogP contribution in [0.1, 0.15) is 79.4 Å². The number of likely N-dealkylation sites (tertiary alicyclic amines) is 2. The highest BCUT2D eigenvalue weighted by molar-refractivity contribution is 5.94. The Morgan fingerprint density at radius 2 is 1.73 bits per heavy atom. The molecule has 3 aliphatic rings.